The fourth-order valence-electron chi connectivity index (χ4n) is 4.80. The van der Waals surface area contributed by atoms with Crippen LogP contribution in [-0.4, -0.2) is 40.3 Å². The Morgan fingerprint density at radius 3 is 2.76 bits per heavy atom. The van der Waals surface area contributed by atoms with Crippen LogP contribution in [0.15, 0.2) is 18.2 Å². The fourth-order valence-corrected chi connectivity index (χ4v) is 5.56. The van der Waals surface area contributed by atoms with E-state index in [1.165, 1.54) is 0 Å². The molecule has 7 nitrogen and oxygen atoms in total. The molecule has 0 aromatic carbocycles. The third kappa shape index (κ3) is 5.71. The number of fused-ring (bicyclic) bond motifs is 3. The van der Waals surface area contributed by atoms with Gasteiger partial charge in [-0.05, 0) is 36.9 Å². The fraction of sp³-hybridized carbons (Fsp3) is 0.654. The summed E-state index contributed by atoms with van der Waals surface area (Å²) in [7, 11) is -1.15. The van der Waals surface area contributed by atoms with Gasteiger partial charge < -0.3 is 15.0 Å². The number of carbonyl (C=O) groups is 1. The van der Waals surface area contributed by atoms with Crippen molar-refractivity contribution < 1.29 is 9.53 Å². The number of aromatic nitrogens is 3. The zero-order valence-electron chi connectivity index (χ0n) is 21.8. The van der Waals surface area contributed by atoms with Gasteiger partial charge in [-0.1, -0.05) is 59.3 Å². The molecule has 2 aromatic rings. The van der Waals surface area contributed by atoms with Gasteiger partial charge in [-0.2, -0.15) is 5.10 Å². The van der Waals surface area contributed by atoms with Crippen molar-refractivity contribution in [2.75, 3.05) is 11.9 Å². The lowest BCUT2D eigenvalue weighted by Gasteiger charge is -2.29. The maximum atomic E-state index is 13.5. The highest BCUT2D eigenvalue weighted by atomic mass is 28.3. The third-order valence-electron chi connectivity index (χ3n) is 7.14. The Balaban J connectivity index is 1.63. The van der Waals surface area contributed by atoms with Gasteiger partial charge in [0.05, 0.1) is 18.8 Å². The molecule has 1 atom stereocenters. The van der Waals surface area contributed by atoms with Gasteiger partial charge in [-0.15, -0.1) is 0 Å². The van der Waals surface area contributed by atoms with E-state index in [0.29, 0.717) is 25.7 Å². The Hall–Kier alpha value is -2.19. The average Bonchev–Trinajstić information content (AvgIpc) is 3.33. The van der Waals surface area contributed by atoms with E-state index in [4.69, 9.17) is 14.8 Å². The Morgan fingerprint density at radius 2 is 2.00 bits per heavy atom. The Kier molecular flexibility index (Phi) is 7.19. The summed E-state index contributed by atoms with van der Waals surface area (Å²) in [5.74, 6) is 2.19. The summed E-state index contributed by atoms with van der Waals surface area (Å²) in [5, 5.41) is 8.32. The van der Waals surface area contributed by atoms with Gasteiger partial charge in [-0.25, -0.2) is 9.67 Å². The van der Waals surface area contributed by atoms with Gasteiger partial charge in [0.1, 0.15) is 12.5 Å². The molecule has 1 N–H and O–H groups in total. The average molecular weight is 484 g/mol. The van der Waals surface area contributed by atoms with E-state index in [1.807, 2.05) is 15.6 Å². The lowest BCUT2D eigenvalue weighted by Crippen LogP contribution is -2.38. The number of nitrogens with zero attached hydrogens (tertiary/aromatic N) is 4. The van der Waals surface area contributed by atoms with Crippen molar-refractivity contribution in [3.05, 3.63) is 35.2 Å². The minimum atomic E-state index is -1.15. The first kappa shape index (κ1) is 24.9. The predicted molar refractivity (Wildman–Crippen MR) is 139 cm³/mol. The van der Waals surface area contributed by atoms with Crippen molar-refractivity contribution in [1.29, 1.82) is 0 Å². The third-order valence-corrected chi connectivity index (χ3v) is 8.85. The maximum Gasteiger partial charge on any atom is 0.228 e. The second kappa shape index (κ2) is 9.82. The Bertz CT molecular complexity index is 1030. The second-order valence-electron chi connectivity index (χ2n) is 11.9. The van der Waals surface area contributed by atoms with Crippen molar-refractivity contribution in [2.24, 2.45) is 5.41 Å². The van der Waals surface area contributed by atoms with Crippen molar-refractivity contribution in [3.8, 4) is 0 Å². The van der Waals surface area contributed by atoms with Crippen LogP contribution in [0.4, 0.5) is 11.6 Å². The Labute approximate surface area is 205 Å². The number of carbonyl (C=O) groups excluding carboxylic acids is 1. The van der Waals surface area contributed by atoms with Gasteiger partial charge >= 0.3 is 0 Å². The summed E-state index contributed by atoms with van der Waals surface area (Å²) in [4.78, 5) is 20.4. The summed E-state index contributed by atoms with van der Waals surface area (Å²) in [6.45, 7) is 15.8. The molecule has 4 bridgehead atoms. The monoisotopic (exact) mass is 483 g/mol. The van der Waals surface area contributed by atoms with E-state index < -0.39 is 8.07 Å². The number of nitrogens with one attached hydrogen (secondary N) is 1. The van der Waals surface area contributed by atoms with Crippen molar-refractivity contribution in [3.63, 3.8) is 0 Å². The summed E-state index contributed by atoms with van der Waals surface area (Å²) in [6, 6.07) is 7.29. The molecule has 186 valence electrons. The van der Waals surface area contributed by atoms with E-state index in [1.54, 1.807) is 0 Å². The summed E-state index contributed by atoms with van der Waals surface area (Å²) >= 11 is 0. The smallest absolute Gasteiger partial charge is 0.228 e. The zero-order chi connectivity index (χ0) is 24.5. The molecule has 34 heavy (non-hydrogen) atoms. The standard InChI is InChI=1S/C26H41N5O2Si/c1-19-10-7-8-13-26(2,3)25(32)30-16-20-22(17-30)31(18-33-14-15-34(4,5)6)29-24(20)28-23-12-9-11-21(19)27-23/h9,11-12,19H,7-8,10,13-18H2,1-6H3,(H,27,28,29). The molecule has 1 amide bonds. The highest BCUT2D eigenvalue weighted by molar-refractivity contribution is 6.76. The largest absolute Gasteiger partial charge is 0.360 e. The minimum Gasteiger partial charge on any atom is -0.360 e. The van der Waals surface area contributed by atoms with Crippen molar-refractivity contribution >= 4 is 25.6 Å². The number of anilines is 2. The molecule has 1 unspecified atom stereocenters. The van der Waals surface area contributed by atoms with Crippen LogP contribution in [0, 0.1) is 5.41 Å². The molecule has 0 radical (unpaired) electrons. The van der Waals surface area contributed by atoms with Crippen LogP contribution in [0.25, 0.3) is 0 Å². The van der Waals surface area contributed by atoms with Gasteiger partial charge in [0.25, 0.3) is 0 Å². The normalized spacial score (nSPS) is 20.6. The zero-order valence-corrected chi connectivity index (χ0v) is 22.8. The molecule has 8 heteroatoms. The molecule has 0 aliphatic carbocycles. The van der Waals surface area contributed by atoms with Crippen LogP contribution in [0.1, 0.15) is 69.3 Å². The van der Waals surface area contributed by atoms with Crippen LogP contribution in [0.2, 0.25) is 25.7 Å². The first-order valence-corrected chi connectivity index (χ1v) is 16.4. The van der Waals surface area contributed by atoms with E-state index in [2.05, 4.69) is 57.9 Å². The number of rotatable bonds is 5. The Morgan fingerprint density at radius 1 is 1.21 bits per heavy atom. The highest BCUT2D eigenvalue weighted by Crippen LogP contribution is 2.36. The van der Waals surface area contributed by atoms with Crippen LogP contribution in [0.3, 0.4) is 0 Å². The van der Waals surface area contributed by atoms with Gasteiger partial charge in [0, 0.05) is 31.4 Å². The molecule has 0 saturated heterocycles. The first-order valence-electron chi connectivity index (χ1n) is 12.7. The highest BCUT2D eigenvalue weighted by Gasteiger charge is 2.37. The van der Waals surface area contributed by atoms with Crippen LogP contribution in [-0.2, 0) is 29.4 Å². The molecular formula is C26H41N5O2Si. The summed E-state index contributed by atoms with van der Waals surface area (Å²) in [5.41, 5.74) is 2.87. The lowest BCUT2D eigenvalue weighted by molar-refractivity contribution is -0.141. The topological polar surface area (TPSA) is 72.3 Å². The van der Waals surface area contributed by atoms with Crippen molar-refractivity contribution in [1.82, 2.24) is 19.7 Å². The maximum absolute atomic E-state index is 13.5. The van der Waals surface area contributed by atoms with E-state index in [9.17, 15) is 4.79 Å². The van der Waals surface area contributed by atoms with E-state index in [-0.39, 0.29) is 11.3 Å². The van der Waals surface area contributed by atoms with Crippen LogP contribution in [0.5, 0.6) is 0 Å². The molecular weight excluding hydrogens is 442 g/mol. The molecule has 2 aliphatic heterocycles. The van der Waals surface area contributed by atoms with E-state index >= 15 is 0 Å². The molecule has 0 saturated carbocycles. The lowest BCUT2D eigenvalue weighted by atomic mass is 9.84. The van der Waals surface area contributed by atoms with Gasteiger partial charge in [0.15, 0.2) is 5.82 Å². The molecule has 0 spiro atoms. The van der Waals surface area contributed by atoms with Gasteiger partial charge in [0.2, 0.25) is 5.91 Å². The number of hydrogen-bond acceptors (Lipinski definition) is 5. The summed E-state index contributed by atoms with van der Waals surface area (Å²) < 4.78 is 7.97. The number of hydrogen-bond donors (Lipinski definition) is 1. The number of ether oxygens (including phenoxy) is 1. The first-order chi connectivity index (χ1) is 16.0. The number of pyridine rings is 1. The molecule has 0 fully saturated rings. The quantitative estimate of drug-likeness (QED) is 0.425. The minimum absolute atomic E-state index is 0.224. The van der Waals surface area contributed by atoms with Crippen LogP contribution >= 0.6 is 0 Å². The van der Waals surface area contributed by atoms with Crippen LogP contribution < -0.4 is 5.32 Å². The second-order valence-corrected chi connectivity index (χ2v) is 17.5. The molecule has 2 aromatic heterocycles. The van der Waals surface area contributed by atoms with Gasteiger partial charge in [-0.3, -0.25) is 4.79 Å². The molecule has 4 heterocycles. The predicted octanol–water partition coefficient (Wildman–Crippen LogP) is 5.88. The SMILES string of the molecule is CC1CCCCC(C)(C)C(=O)N2Cc3c(nn(COCC[Si](C)(C)C)c3C2)Nc2cccc1n2. The molecule has 2 aliphatic rings. The van der Waals surface area contributed by atoms with E-state index in [0.717, 1.165) is 66.9 Å². The van der Waals surface area contributed by atoms with Crippen molar-refractivity contribution in [2.45, 2.75) is 97.9 Å². The number of amides is 1. The molecule has 4 rings (SSSR count). The summed E-state index contributed by atoms with van der Waals surface area (Å²) in [6.07, 6.45) is 4.12.